The van der Waals surface area contributed by atoms with Crippen molar-refractivity contribution >= 4 is 45.8 Å². The fourth-order valence-electron chi connectivity index (χ4n) is 4.19. The van der Waals surface area contributed by atoms with Gasteiger partial charge in [0.05, 0.1) is 18.1 Å². The minimum Gasteiger partial charge on any atom is -0.497 e. The Hall–Kier alpha value is -2.24. The van der Waals surface area contributed by atoms with Gasteiger partial charge < -0.3 is 14.2 Å². The molecule has 7 heteroatoms. The SMILES string of the molecule is COc1cccc(N2C[C@@H](c3nc4ccccc4n3C[C@H]3CC3(Cl)Cl)CC2=O)c1. The molecule has 5 rings (SSSR count). The fourth-order valence-corrected chi connectivity index (χ4v) is 4.70. The van der Waals surface area contributed by atoms with E-state index in [2.05, 4.69) is 10.6 Å². The number of amides is 1. The first kappa shape index (κ1) is 18.8. The predicted octanol–water partition coefficient (Wildman–Crippen LogP) is 4.76. The molecule has 0 spiro atoms. The number of hydrogen-bond donors (Lipinski definition) is 0. The van der Waals surface area contributed by atoms with Crippen LogP contribution in [0.15, 0.2) is 48.5 Å². The van der Waals surface area contributed by atoms with Crippen molar-refractivity contribution in [3.05, 3.63) is 54.4 Å². The number of rotatable bonds is 5. The highest BCUT2D eigenvalue weighted by Crippen LogP contribution is 2.54. The molecule has 150 valence electrons. The molecule has 1 aliphatic heterocycles. The Balaban J connectivity index is 1.48. The van der Waals surface area contributed by atoms with Crippen LogP contribution in [0.4, 0.5) is 5.69 Å². The van der Waals surface area contributed by atoms with Gasteiger partial charge in [0.2, 0.25) is 5.91 Å². The number of para-hydroxylation sites is 2. The molecule has 1 amide bonds. The molecule has 0 bridgehead atoms. The van der Waals surface area contributed by atoms with Crippen LogP contribution in [0.3, 0.4) is 0 Å². The third-order valence-electron chi connectivity index (χ3n) is 5.90. The summed E-state index contributed by atoms with van der Waals surface area (Å²) in [5.41, 5.74) is 2.85. The molecule has 2 aliphatic rings. The van der Waals surface area contributed by atoms with Gasteiger partial charge in [-0.25, -0.2) is 4.98 Å². The van der Waals surface area contributed by atoms with Gasteiger partial charge in [0.15, 0.2) is 0 Å². The molecule has 29 heavy (non-hydrogen) atoms. The lowest BCUT2D eigenvalue weighted by Crippen LogP contribution is -2.24. The lowest BCUT2D eigenvalue weighted by molar-refractivity contribution is -0.117. The van der Waals surface area contributed by atoms with Gasteiger partial charge in [-0.1, -0.05) is 18.2 Å². The lowest BCUT2D eigenvalue weighted by Gasteiger charge is -2.18. The summed E-state index contributed by atoms with van der Waals surface area (Å²) in [7, 11) is 1.63. The van der Waals surface area contributed by atoms with E-state index in [1.54, 1.807) is 7.11 Å². The molecule has 2 heterocycles. The standard InChI is InChI=1S/C22H21Cl2N3O2/c1-29-17-6-4-5-16(10-17)26-12-14(9-20(26)28)21-25-18-7-2-3-8-19(18)27(21)13-15-11-22(15,23)24/h2-8,10,14-15H,9,11-13H2,1H3/t14-,15+/m0/s1. The van der Waals surface area contributed by atoms with Crippen LogP contribution in [0.1, 0.15) is 24.6 Å². The molecule has 0 radical (unpaired) electrons. The zero-order chi connectivity index (χ0) is 20.2. The molecular weight excluding hydrogens is 409 g/mol. The molecule has 2 atom stereocenters. The van der Waals surface area contributed by atoms with Gasteiger partial charge >= 0.3 is 0 Å². The van der Waals surface area contributed by atoms with Gasteiger partial charge in [0.1, 0.15) is 15.9 Å². The molecule has 0 unspecified atom stereocenters. The van der Waals surface area contributed by atoms with E-state index in [1.165, 1.54) is 0 Å². The van der Waals surface area contributed by atoms with Crippen molar-refractivity contribution in [3.8, 4) is 5.75 Å². The number of benzene rings is 2. The summed E-state index contributed by atoms with van der Waals surface area (Å²) in [5.74, 6) is 1.98. The van der Waals surface area contributed by atoms with Crippen molar-refractivity contribution in [2.45, 2.75) is 29.6 Å². The molecule has 1 aliphatic carbocycles. The summed E-state index contributed by atoms with van der Waals surface area (Å²) in [4.78, 5) is 19.5. The number of hydrogen-bond acceptors (Lipinski definition) is 3. The normalized spacial score (nSPS) is 23.0. The number of nitrogens with zero attached hydrogens (tertiary/aromatic N) is 3. The van der Waals surface area contributed by atoms with Gasteiger partial charge in [0.25, 0.3) is 0 Å². The minimum atomic E-state index is -0.652. The molecule has 3 aromatic rings. The van der Waals surface area contributed by atoms with Crippen LogP contribution < -0.4 is 9.64 Å². The summed E-state index contributed by atoms with van der Waals surface area (Å²) >= 11 is 12.6. The van der Waals surface area contributed by atoms with E-state index >= 15 is 0 Å². The fraction of sp³-hybridized carbons (Fsp3) is 0.364. The molecular formula is C22H21Cl2N3O2. The van der Waals surface area contributed by atoms with Crippen molar-refractivity contribution in [2.24, 2.45) is 5.92 Å². The number of ether oxygens (including phenoxy) is 1. The molecule has 5 nitrogen and oxygen atoms in total. The topological polar surface area (TPSA) is 47.4 Å². The number of alkyl halides is 2. The maximum absolute atomic E-state index is 12.8. The lowest BCUT2D eigenvalue weighted by atomic mass is 10.1. The van der Waals surface area contributed by atoms with Crippen LogP contribution in [0.5, 0.6) is 5.75 Å². The summed E-state index contributed by atoms with van der Waals surface area (Å²) in [5, 5.41) is 0. The predicted molar refractivity (Wildman–Crippen MR) is 115 cm³/mol. The van der Waals surface area contributed by atoms with Gasteiger partial charge in [-0.15, -0.1) is 23.2 Å². The Morgan fingerprint density at radius 3 is 2.76 bits per heavy atom. The van der Waals surface area contributed by atoms with E-state index in [9.17, 15) is 4.79 Å². The van der Waals surface area contributed by atoms with Gasteiger partial charge in [-0.05, 0) is 30.7 Å². The molecule has 1 aromatic heterocycles. The summed E-state index contributed by atoms with van der Waals surface area (Å²) < 4.78 is 6.87. The van der Waals surface area contributed by atoms with Gasteiger partial charge in [-0.3, -0.25) is 4.79 Å². The first-order valence-electron chi connectivity index (χ1n) is 9.73. The van der Waals surface area contributed by atoms with Gasteiger partial charge in [-0.2, -0.15) is 0 Å². The van der Waals surface area contributed by atoms with E-state index in [-0.39, 0.29) is 17.7 Å². The second-order valence-electron chi connectivity index (χ2n) is 7.84. The zero-order valence-electron chi connectivity index (χ0n) is 16.0. The Morgan fingerprint density at radius 1 is 1.21 bits per heavy atom. The van der Waals surface area contributed by atoms with Crippen molar-refractivity contribution in [1.82, 2.24) is 9.55 Å². The number of fused-ring (bicyclic) bond motifs is 1. The van der Waals surface area contributed by atoms with E-state index in [0.29, 0.717) is 19.5 Å². The van der Waals surface area contributed by atoms with E-state index < -0.39 is 4.33 Å². The number of carbonyl (C=O) groups excluding carboxylic acids is 1. The van der Waals surface area contributed by atoms with Crippen LogP contribution in [0.25, 0.3) is 11.0 Å². The zero-order valence-corrected chi connectivity index (χ0v) is 17.5. The van der Waals surface area contributed by atoms with E-state index in [1.807, 2.05) is 47.4 Å². The smallest absolute Gasteiger partial charge is 0.227 e. The minimum absolute atomic E-state index is 0.0138. The second kappa shape index (κ2) is 6.92. The Bertz CT molecular complexity index is 1090. The summed E-state index contributed by atoms with van der Waals surface area (Å²) in [6.45, 7) is 1.31. The maximum Gasteiger partial charge on any atom is 0.227 e. The average Bonchev–Trinajstić information content (AvgIpc) is 3.04. The molecule has 2 fully saturated rings. The third-order valence-corrected chi connectivity index (χ3v) is 6.82. The molecule has 1 saturated carbocycles. The highest BCUT2D eigenvalue weighted by atomic mass is 35.5. The highest BCUT2D eigenvalue weighted by molar-refractivity contribution is 6.50. The van der Waals surface area contributed by atoms with Gasteiger partial charge in [0, 0.05) is 43.1 Å². The number of methoxy groups -OCH3 is 1. The van der Waals surface area contributed by atoms with Crippen LogP contribution in [0.2, 0.25) is 0 Å². The van der Waals surface area contributed by atoms with Crippen molar-refractivity contribution in [3.63, 3.8) is 0 Å². The second-order valence-corrected chi connectivity index (χ2v) is 9.38. The Labute approximate surface area is 179 Å². The maximum atomic E-state index is 12.8. The van der Waals surface area contributed by atoms with E-state index in [0.717, 1.165) is 34.7 Å². The summed E-state index contributed by atoms with van der Waals surface area (Å²) in [6, 6.07) is 15.7. The Kier molecular flexibility index (Phi) is 4.48. The van der Waals surface area contributed by atoms with Crippen LogP contribution in [-0.2, 0) is 11.3 Å². The van der Waals surface area contributed by atoms with Crippen molar-refractivity contribution in [2.75, 3.05) is 18.6 Å². The van der Waals surface area contributed by atoms with Crippen LogP contribution in [-0.4, -0.2) is 33.4 Å². The molecule has 0 N–H and O–H groups in total. The largest absolute Gasteiger partial charge is 0.497 e. The highest BCUT2D eigenvalue weighted by Gasteiger charge is 2.52. The average molecular weight is 430 g/mol. The first-order chi connectivity index (χ1) is 14.0. The molecule has 1 saturated heterocycles. The summed E-state index contributed by atoms with van der Waals surface area (Å²) in [6.07, 6.45) is 1.21. The van der Waals surface area contributed by atoms with Crippen molar-refractivity contribution in [1.29, 1.82) is 0 Å². The number of carbonyl (C=O) groups is 1. The number of imidazole rings is 1. The monoisotopic (exact) mass is 429 g/mol. The first-order valence-corrected chi connectivity index (χ1v) is 10.5. The quantitative estimate of drug-likeness (QED) is 0.549. The Morgan fingerprint density at radius 2 is 2.00 bits per heavy atom. The van der Waals surface area contributed by atoms with Crippen LogP contribution in [0, 0.1) is 5.92 Å². The number of anilines is 1. The van der Waals surface area contributed by atoms with Crippen LogP contribution >= 0.6 is 23.2 Å². The van der Waals surface area contributed by atoms with Crippen molar-refractivity contribution < 1.29 is 9.53 Å². The number of halogens is 2. The molecule has 2 aromatic carbocycles. The third kappa shape index (κ3) is 3.36. The van der Waals surface area contributed by atoms with E-state index in [4.69, 9.17) is 32.9 Å². The number of aromatic nitrogens is 2.